The second kappa shape index (κ2) is 6.03. The molecule has 18 heavy (non-hydrogen) atoms. The summed E-state index contributed by atoms with van der Waals surface area (Å²) in [6, 6.07) is 1.89. The van der Waals surface area contributed by atoms with Crippen LogP contribution in [0.2, 0.25) is 0 Å². The molecule has 0 spiro atoms. The Labute approximate surface area is 110 Å². The van der Waals surface area contributed by atoms with Crippen LogP contribution in [-0.4, -0.2) is 22.6 Å². The van der Waals surface area contributed by atoms with E-state index in [-0.39, 0.29) is 5.54 Å². The fourth-order valence-electron chi connectivity index (χ4n) is 2.94. The van der Waals surface area contributed by atoms with Gasteiger partial charge in [0, 0.05) is 18.8 Å². The minimum atomic E-state index is 0.222. The minimum absolute atomic E-state index is 0.222. The Morgan fingerprint density at radius 2 is 2.06 bits per heavy atom. The van der Waals surface area contributed by atoms with E-state index >= 15 is 0 Å². The molecule has 4 nitrogen and oxygen atoms in total. The van der Waals surface area contributed by atoms with Crippen LogP contribution >= 0.6 is 0 Å². The van der Waals surface area contributed by atoms with Crippen LogP contribution in [0.25, 0.3) is 0 Å². The van der Waals surface area contributed by atoms with Gasteiger partial charge in [-0.25, -0.2) is 4.98 Å². The third kappa shape index (κ3) is 3.12. The molecule has 100 valence electrons. The van der Waals surface area contributed by atoms with Crippen molar-refractivity contribution in [2.45, 2.75) is 57.4 Å². The van der Waals surface area contributed by atoms with Crippen molar-refractivity contribution in [3.8, 4) is 0 Å². The summed E-state index contributed by atoms with van der Waals surface area (Å²) in [6.45, 7) is 2.25. The van der Waals surface area contributed by atoms with Crippen LogP contribution in [0.5, 0.6) is 0 Å². The topological polar surface area (TPSA) is 49.8 Å². The lowest BCUT2D eigenvalue weighted by Gasteiger charge is -2.38. The molecule has 0 aliphatic heterocycles. The molecule has 0 atom stereocenters. The molecule has 2 N–H and O–H groups in total. The van der Waals surface area contributed by atoms with E-state index < -0.39 is 0 Å². The van der Waals surface area contributed by atoms with Crippen LogP contribution in [-0.2, 0) is 0 Å². The highest BCUT2D eigenvalue weighted by Crippen LogP contribution is 2.34. The molecule has 0 bridgehead atoms. The molecule has 1 heterocycles. The molecule has 1 saturated carbocycles. The predicted molar refractivity (Wildman–Crippen MR) is 75.9 cm³/mol. The lowest BCUT2D eigenvalue weighted by Crippen LogP contribution is -2.40. The second-order valence-corrected chi connectivity index (χ2v) is 5.23. The van der Waals surface area contributed by atoms with Crippen molar-refractivity contribution in [2.75, 3.05) is 17.7 Å². The molecule has 0 unspecified atom stereocenters. The van der Waals surface area contributed by atoms with E-state index in [1.54, 1.807) is 0 Å². The summed E-state index contributed by atoms with van der Waals surface area (Å²) < 4.78 is 0. The number of rotatable bonds is 5. The minimum Gasteiger partial charge on any atom is -0.373 e. The predicted octanol–water partition coefficient (Wildman–Crippen LogP) is 3.43. The molecule has 1 aromatic rings. The normalized spacial score (nSPS) is 18.3. The second-order valence-electron chi connectivity index (χ2n) is 5.23. The smallest absolute Gasteiger partial charge is 0.225 e. The molecule has 1 aromatic heterocycles. The molecule has 1 fully saturated rings. The maximum absolute atomic E-state index is 4.48. The highest BCUT2D eigenvalue weighted by molar-refractivity contribution is 5.40. The SMILES string of the molecule is CCCC1(Nc2nccc(NC)n2)CCCCC1. The molecule has 0 saturated heterocycles. The molecule has 0 aromatic carbocycles. The molecule has 2 rings (SSSR count). The van der Waals surface area contributed by atoms with E-state index in [0.717, 1.165) is 11.8 Å². The van der Waals surface area contributed by atoms with E-state index in [1.165, 1.54) is 44.9 Å². The van der Waals surface area contributed by atoms with Gasteiger partial charge >= 0.3 is 0 Å². The van der Waals surface area contributed by atoms with Gasteiger partial charge in [0.25, 0.3) is 0 Å². The molecule has 1 aliphatic carbocycles. The van der Waals surface area contributed by atoms with Crippen molar-refractivity contribution in [2.24, 2.45) is 0 Å². The Morgan fingerprint density at radius 3 is 2.72 bits per heavy atom. The van der Waals surface area contributed by atoms with Gasteiger partial charge in [0.2, 0.25) is 5.95 Å². The monoisotopic (exact) mass is 248 g/mol. The first-order valence-corrected chi connectivity index (χ1v) is 7.07. The largest absolute Gasteiger partial charge is 0.373 e. The first-order chi connectivity index (χ1) is 8.78. The van der Waals surface area contributed by atoms with Crippen molar-refractivity contribution in [3.63, 3.8) is 0 Å². The van der Waals surface area contributed by atoms with Gasteiger partial charge in [0.1, 0.15) is 5.82 Å². The average molecular weight is 248 g/mol. The molecule has 0 radical (unpaired) electrons. The Balaban J connectivity index is 2.11. The number of hydrogen-bond acceptors (Lipinski definition) is 4. The van der Waals surface area contributed by atoms with E-state index in [2.05, 4.69) is 27.5 Å². The van der Waals surface area contributed by atoms with E-state index in [9.17, 15) is 0 Å². The standard InChI is InChI=1S/C14H24N4/c1-3-8-14(9-5-4-6-10-14)18-13-16-11-7-12(15-2)17-13/h7,11H,3-6,8-10H2,1-2H3,(H2,15,16,17,18). The summed E-state index contributed by atoms with van der Waals surface area (Å²) in [5.74, 6) is 1.63. The van der Waals surface area contributed by atoms with Crippen LogP contribution in [0.4, 0.5) is 11.8 Å². The zero-order valence-electron chi connectivity index (χ0n) is 11.5. The summed E-state index contributed by atoms with van der Waals surface area (Å²) in [7, 11) is 1.88. The van der Waals surface area contributed by atoms with Crippen LogP contribution in [0.15, 0.2) is 12.3 Å². The summed E-state index contributed by atoms with van der Waals surface area (Å²) in [5.41, 5.74) is 0.222. The van der Waals surface area contributed by atoms with Gasteiger partial charge in [-0.2, -0.15) is 4.98 Å². The summed E-state index contributed by atoms with van der Waals surface area (Å²) in [6.07, 6.45) is 10.7. The van der Waals surface area contributed by atoms with E-state index in [4.69, 9.17) is 0 Å². The van der Waals surface area contributed by atoms with Gasteiger partial charge < -0.3 is 10.6 Å². The maximum atomic E-state index is 4.48. The number of anilines is 2. The third-order valence-corrected chi connectivity index (χ3v) is 3.83. The molecule has 4 heteroatoms. The van der Waals surface area contributed by atoms with Gasteiger partial charge in [0.05, 0.1) is 0 Å². The lowest BCUT2D eigenvalue weighted by atomic mass is 9.78. The molecular weight excluding hydrogens is 224 g/mol. The lowest BCUT2D eigenvalue weighted by molar-refractivity contribution is 0.301. The first-order valence-electron chi connectivity index (χ1n) is 7.07. The van der Waals surface area contributed by atoms with Crippen LogP contribution < -0.4 is 10.6 Å². The summed E-state index contributed by atoms with van der Waals surface area (Å²) in [4.78, 5) is 8.83. The van der Waals surface area contributed by atoms with E-state index in [1.807, 2.05) is 19.3 Å². The highest BCUT2D eigenvalue weighted by atomic mass is 15.2. The van der Waals surface area contributed by atoms with Crippen molar-refractivity contribution in [1.82, 2.24) is 9.97 Å². The average Bonchev–Trinajstić information content (AvgIpc) is 2.40. The van der Waals surface area contributed by atoms with Gasteiger partial charge in [-0.1, -0.05) is 32.6 Å². The van der Waals surface area contributed by atoms with E-state index in [0.29, 0.717) is 0 Å². The zero-order valence-corrected chi connectivity index (χ0v) is 11.5. The Kier molecular flexibility index (Phi) is 4.39. The number of hydrogen-bond donors (Lipinski definition) is 2. The highest BCUT2D eigenvalue weighted by Gasteiger charge is 2.31. The fraction of sp³-hybridized carbons (Fsp3) is 0.714. The third-order valence-electron chi connectivity index (χ3n) is 3.83. The Bertz CT molecular complexity index is 366. The van der Waals surface area contributed by atoms with Gasteiger partial charge in [-0.05, 0) is 25.3 Å². The quantitative estimate of drug-likeness (QED) is 0.838. The fourth-order valence-corrected chi connectivity index (χ4v) is 2.94. The number of aromatic nitrogens is 2. The van der Waals surface area contributed by atoms with Gasteiger partial charge in [-0.3, -0.25) is 0 Å². The summed E-state index contributed by atoms with van der Waals surface area (Å²) >= 11 is 0. The summed E-state index contributed by atoms with van der Waals surface area (Å²) in [5, 5.41) is 6.67. The molecule has 1 aliphatic rings. The van der Waals surface area contributed by atoms with Gasteiger partial charge in [0.15, 0.2) is 0 Å². The van der Waals surface area contributed by atoms with Crippen molar-refractivity contribution >= 4 is 11.8 Å². The molecule has 0 amide bonds. The molecular formula is C14H24N4. The van der Waals surface area contributed by atoms with Crippen LogP contribution in [0.3, 0.4) is 0 Å². The Hall–Kier alpha value is -1.32. The zero-order chi connectivity index (χ0) is 12.8. The number of nitrogens with one attached hydrogen (secondary N) is 2. The van der Waals surface area contributed by atoms with Gasteiger partial charge in [-0.15, -0.1) is 0 Å². The number of nitrogens with zero attached hydrogens (tertiary/aromatic N) is 2. The first kappa shape index (κ1) is 13.1. The van der Waals surface area contributed by atoms with Crippen molar-refractivity contribution in [3.05, 3.63) is 12.3 Å². The van der Waals surface area contributed by atoms with Crippen LogP contribution in [0.1, 0.15) is 51.9 Å². The van der Waals surface area contributed by atoms with Crippen LogP contribution in [0, 0.1) is 0 Å². The Morgan fingerprint density at radius 1 is 1.28 bits per heavy atom. The van der Waals surface area contributed by atoms with Crippen molar-refractivity contribution < 1.29 is 0 Å². The van der Waals surface area contributed by atoms with Crippen molar-refractivity contribution in [1.29, 1.82) is 0 Å². The maximum Gasteiger partial charge on any atom is 0.225 e.